The number of rotatable bonds is 5. The Balaban J connectivity index is 1.29. The van der Waals surface area contributed by atoms with Crippen LogP contribution in [0.2, 0.25) is 5.02 Å². The molecule has 11 heteroatoms. The van der Waals surface area contributed by atoms with Crippen molar-refractivity contribution in [3.8, 4) is 22.8 Å². The predicted molar refractivity (Wildman–Crippen MR) is 144 cm³/mol. The average molecular weight is 544 g/mol. The van der Waals surface area contributed by atoms with Gasteiger partial charge in [-0.15, -0.1) is 0 Å². The number of halogens is 2. The molecule has 0 N–H and O–H groups in total. The van der Waals surface area contributed by atoms with E-state index in [1.165, 1.54) is 18.5 Å². The van der Waals surface area contributed by atoms with E-state index >= 15 is 4.39 Å². The normalized spacial score (nSPS) is 20.0. The molecule has 196 valence electrons. The minimum absolute atomic E-state index is 0.0813. The van der Waals surface area contributed by atoms with Crippen LogP contribution < -0.4 is 4.74 Å². The molecule has 0 spiro atoms. The molecule has 5 heterocycles. The van der Waals surface area contributed by atoms with Crippen LogP contribution in [0, 0.1) is 12.7 Å². The maximum atomic E-state index is 15.5. The third-order valence-corrected chi connectivity index (χ3v) is 8.17. The highest BCUT2D eigenvalue weighted by molar-refractivity contribution is 6.32. The minimum Gasteiger partial charge on any atom is -0.453 e. The first-order chi connectivity index (χ1) is 18.8. The molecule has 39 heavy (non-hydrogen) atoms. The van der Waals surface area contributed by atoms with Crippen molar-refractivity contribution in [2.24, 2.45) is 7.05 Å². The van der Waals surface area contributed by atoms with Gasteiger partial charge in [-0.3, -0.25) is 4.79 Å². The zero-order valence-corrected chi connectivity index (χ0v) is 22.0. The zero-order chi connectivity index (χ0) is 27.1. The molecule has 1 aliphatic carbocycles. The molecule has 2 aliphatic heterocycles. The van der Waals surface area contributed by atoms with E-state index in [-0.39, 0.29) is 28.3 Å². The lowest BCUT2D eigenvalue weighted by molar-refractivity contribution is -0.126. The smallest absolute Gasteiger partial charge is 0.246 e. The summed E-state index contributed by atoms with van der Waals surface area (Å²) >= 11 is 6.58. The number of benzene rings is 2. The van der Waals surface area contributed by atoms with Gasteiger partial charge < -0.3 is 14.2 Å². The fraction of sp³-hybridized carbons (Fsp3) is 0.250. The number of nitrogens with zero attached hydrogens (tertiary/aromatic N) is 7. The molecule has 0 atom stereocenters. The molecular formula is C28H23ClFN7O2. The fourth-order valence-corrected chi connectivity index (χ4v) is 6.19. The summed E-state index contributed by atoms with van der Waals surface area (Å²) in [5.74, 6) is -0.371. The largest absolute Gasteiger partial charge is 0.453 e. The van der Waals surface area contributed by atoms with E-state index in [1.54, 1.807) is 24.5 Å². The highest BCUT2D eigenvalue weighted by Crippen LogP contribution is 2.51. The molecular weight excluding hydrogens is 521 g/mol. The highest BCUT2D eigenvalue weighted by atomic mass is 35.5. The lowest BCUT2D eigenvalue weighted by Gasteiger charge is -2.37. The topological polar surface area (TPSA) is 91.0 Å². The zero-order valence-electron chi connectivity index (χ0n) is 21.2. The van der Waals surface area contributed by atoms with Gasteiger partial charge in [-0.25, -0.2) is 24.0 Å². The maximum Gasteiger partial charge on any atom is 0.246 e. The molecule has 2 bridgehead atoms. The van der Waals surface area contributed by atoms with E-state index in [0.717, 1.165) is 23.9 Å². The average Bonchev–Trinajstić information content (AvgIpc) is 3.66. The van der Waals surface area contributed by atoms with Crippen LogP contribution in [0.15, 0.2) is 55.6 Å². The van der Waals surface area contributed by atoms with Crippen molar-refractivity contribution in [3.05, 3.63) is 72.2 Å². The molecule has 3 fully saturated rings. The number of hydrogen-bond acceptors (Lipinski definition) is 6. The molecule has 2 saturated heterocycles. The van der Waals surface area contributed by atoms with E-state index in [9.17, 15) is 4.79 Å². The highest BCUT2D eigenvalue weighted by Gasteiger charge is 2.59. The summed E-state index contributed by atoms with van der Waals surface area (Å²) in [6, 6.07) is 8.49. The van der Waals surface area contributed by atoms with Crippen LogP contribution >= 0.6 is 11.6 Å². The Morgan fingerprint density at radius 1 is 1.23 bits per heavy atom. The van der Waals surface area contributed by atoms with Crippen molar-refractivity contribution in [2.75, 3.05) is 6.54 Å². The summed E-state index contributed by atoms with van der Waals surface area (Å²) in [6.07, 6.45) is 6.09. The number of ether oxygens (including phenoxy) is 1. The summed E-state index contributed by atoms with van der Waals surface area (Å²) in [7, 11) is 1.90. The summed E-state index contributed by atoms with van der Waals surface area (Å²) in [6.45, 7) is 6.01. The van der Waals surface area contributed by atoms with Gasteiger partial charge in [0.1, 0.15) is 17.8 Å². The maximum absolute atomic E-state index is 15.5. The Morgan fingerprint density at radius 3 is 2.82 bits per heavy atom. The van der Waals surface area contributed by atoms with Crippen LogP contribution in [-0.2, 0) is 17.4 Å². The van der Waals surface area contributed by atoms with Gasteiger partial charge in [0.05, 0.1) is 39.0 Å². The van der Waals surface area contributed by atoms with Gasteiger partial charge >= 0.3 is 0 Å². The van der Waals surface area contributed by atoms with Crippen molar-refractivity contribution in [1.29, 1.82) is 0 Å². The molecule has 2 aromatic carbocycles. The second kappa shape index (κ2) is 8.34. The Hall–Kier alpha value is -4.31. The second-order valence-electron chi connectivity index (χ2n) is 10.3. The SMILES string of the molecule is C=CC(=O)N1CC2(n3nc(-c4cc(F)c(Oc5ccc6c(c5)ncn6C)c(Cl)c4)c4c(C)ncnc43)CC1C2. The van der Waals surface area contributed by atoms with Crippen LogP contribution in [0.3, 0.4) is 0 Å². The Bertz CT molecular complexity index is 1820. The number of aryl methyl sites for hydroxylation is 2. The van der Waals surface area contributed by atoms with E-state index in [1.807, 2.05) is 34.2 Å². The van der Waals surface area contributed by atoms with Gasteiger partial charge in [-0.05, 0) is 50.1 Å². The summed E-state index contributed by atoms with van der Waals surface area (Å²) < 4.78 is 25.2. The lowest BCUT2D eigenvalue weighted by Crippen LogP contribution is -2.44. The molecule has 3 aliphatic rings. The van der Waals surface area contributed by atoms with Crippen molar-refractivity contribution >= 4 is 39.6 Å². The van der Waals surface area contributed by atoms with Crippen molar-refractivity contribution < 1.29 is 13.9 Å². The van der Waals surface area contributed by atoms with Gasteiger partial charge in [-0.1, -0.05) is 18.2 Å². The van der Waals surface area contributed by atoms with E-state index < -0.39 is 5.82 Å². The van der Waals surface area contributed by atoms with Gasteiger partial charge in [0.25, 0.3) is 0 Å². The fourth-order valence-electron chi connectivity index (χ4n) is 5.95. The molecule has 1 saturated carbocycles. The first-order valence-corrected chi connectivity index (χ1v) is 12.9. The molecule has 9 nitrogen and oxygen atoms in total. The van der Waals surface area contributed by atoms with E-state index in [2.05, 4.69) is 21.5 Å². The van der Waals surface area contributed by atoms with Gasteiger partial charge in [0, 0.05) is 31.3 Å². The van der Waals surface area contributed by atoms with E-state index in [0.29, 0.717) is 40.3 Å². The summed E-state index contributed by atoms with van der Waals surface area (Å²) in [5.41, 5.74) is 3.65. The molecule has 0 radical (unpaired) electrons. The van der Waals surface area contributed by atoms with Crippen molar-refractivity contribution in [2.45, 2.75) is 31.3 Å². The van der Waals surface area contributed by atoms with Crippen molar-refractivity contribution in [1.82, 2.24) is 34.2 Å². The second-order valence-corrected chi connectivity index (χ2v) is 10.7. The minimum atomic E-state index is -0.624. The quantitative estimate of drug-likeness (QED) is 0.284. The summed E-state index contributed by atoms with van der Waals surface area (Å²) in [5, 5.41) is 5.76. The van der Waals surface area contributed by atoms with Gasteiger partial charge in [-0.2, -0.15) is 5.10 Å². The number of carbonyl (C=O) groups excluding carboxylic acids is 1. The molecule has 5 aromatic rings. The third kappa shape index (κ3) is 3.47. The molecule has 1 amide bonds. The van der Waals surface area contributed by atoms with Crippen LogP contribution in [0.5, 0.6) is 11.5 Å². The standard InChI is InChI=1S/C28H23ClFN7O2/c1-4-23(38)36-12-28(10-17(36)11-28)37-27-24(15(2)31-13-32-27)25(34-37)16-7-19(29)26(20(30)8-16)39-18-5-6-22-21(9-18)33-14-35(22)3/h4-9,13-14,17H,1,10-12H2,2-3H3. The van der Waals surface area contributed by atoms with Gasteiger partial charge in [0.15, 0.2) is 17.2 Å². The number of imidazole rings is 1. The number of carbonyl (C=O) groups is 1. The van der Waals surface area contributed by atoms with Crippen LogP contribution in [0.1, 0.15) is 18.5 Å². The van der Waals surface area contributed by atoms with Crippen molar-refractivity contribution in [3.63, 3.8) is 0 Å². The first-order valence-electron chi connectivity index (χ1n) is 12.5. The van der Waals surface area contributed by atoms with E-state index in [4.69, 9.17) is 21.4 Å². The number of amides is 1. The monoisotopic (exact) mass is 543 g/mol. The number of aromatic nitrogens is 6. The Kier molecular flexibility index (Phi) is 5.09. The predicted octanol–water partition coefficient (Wildman–Crippen LogP) is 5.16. The Labute approximate surface area is 227 Å². The van der Waals surface area contributed by atoms with Gasteiger partial charge in [0.2, 0.25) is 5.91 Å². The number of fused-ring (bicyclic) bond motifs is 3. The van der Waals surface area contributed by atoms with Crippen LogP contribution in [-0.4, -0.2) is 52.7 Å². The van der Waals surface area contributed by atoms with Crippen LogP contribution in [0.25, 0.3) is 33.3 Å². The number of hydrogen-bond donors (Lipinski definition) is 0. The molecule has 0 unspecified atom stereocenters. The molecule has 8 rings (SSSR count). The van der Waals surface area contributed by atoms with Crippen LogP contribution in [0.4, 0.5) is 4.39 Å². The molecule has 3 aromatic heterocycles. The Morgan fingerprint density at radius 2 is 2.05 bits per heavy atom. The third-order valence-electron chi connectivity index (χ3n) is 7.89. The lowest BCUT2D eigenvalue weighted by atomic mass is 9.78. The summed E-state index contributed by atoms with van der Waals surface area (Å²) in [4.78, 5) is 27.4. The first kappa shape index (κ1) is 23.8.